The molecule has 0 saturated heterocycles. The Bertz CT molecular complexity index is 674. The molecule has 0 aromatic heterocycles. The van der Waals surface area contributed by atoms with Gasteiger partial charge in [-0.25, -0.2) is 0 Å². The Hall–Kier alpha value is -2.66. The van der Waals surface area contributed by atoms with Crippen LogP contribution in [0.1, 0.15) is 25.5 Å². The average molecular weight is 325 g/mol. The zero-order valence-electron chi connectivity index (χ0n) is 13.9. The number of hydrogen-bond donors (Lipinski definition) is 3. The molecule has 2 aromatic rings. The lowest BCUT2D eigenvalue weighted by Crippen LogP contribution is -2.45. The lowest BCUT2D eigenvalue weighted by molar-refractivity contribution is -0.129. The lowest BCUT2D eigenvalue weighted by atomic mass is 9.94. The van der Waals surface area contributed by atoms with Gasteiger partial charge in [-0.05, 0) is 24.6 Å². The van der Waals surface area contributed by atoms with Crippen molar-refractivity contribution >= 4 is 17.5 Å². The van der Waals surface area contributed by atoms with Gasteiger partial charge in [0.25, 0.3) is 0 Å². The second kappa shape index (κ2) is 8.26. The van der Waals surface area contributed by atoms with Crippen LogP contribution in [-0.2, 0) is 9.59 Å². The van der Waals surface area contributed by atoms with Gasteiger partial charge in [0.1, 0.15) is 6.04 Å². The Morgan fingerprint density at radius 2 is 1.42 bits per heavy atom. The first kappa shape index (κ1) is 17.7. The average Bonchev–Trinajstić information content (AvgIpc) is 2.61. The molecule has 4 N–H and O–H groups in total. The standard InChI is InChI=1S/C19H23N3O2/c1-13(17(20)15-9-5-3-6-10-15)18(23)21-14(2)19(24)22-16-11-7-4-8-12-16/h3-14,17H,20H2,1-2H3,(H,21,23)(H,22,24). The van der Waals surface area contributed by atoms with Crippen LogP contribution in [0.3, 0.4) is 0 Å². The molecule has 24 heavy (non-hydrogen) atoms. The van der Waals surface area contributed by atoms with E-state index in [1.54, 1.807) is 26.0 Å². The molecule has 0 radical (unpaired) electrons. The number of benzene rings is 2. The second-order valence-electron chi connectivity index (χ2n) is 5.81. The summed E-state index contributed by atoms with van der Waals surface area (Å²) in [6, 6.07) is 17.5. The van der Waals surface area contributed by atoms with E-state index in [9.17, 15) is 9.59 Å². The minimum atomic E-state index is -0.650. The summed E-state index contributed by atoms with van der Waals surface area (Å²) in [5.41, 5.74) is 7.74. The molecule has 0 spiro atoms. The Balaban J connectivity index is 1.91. The lowest BCUT2D eigenvalue weighted by Gasteiger charge is -2.22. The fourth-order valence-corrected chi connectivity index (χ4v) is 2.31. The molecule has 0 aliphatic heterocycles. The van der Waals surface area contributed by atoms with Crippen LogP contribution in [-0.4, -0.2) is 17.9 Å². The van der Waals surface area contributed by atoms with Crippen LogP contribution >= 0.6 is 0 Å². The quantitative estimate of drug-likeness (QED) is 0.763. The molecule has 0 fully saturated rings. The van der Waals surface area contributed by atoms with Crippen molar-refractivity contribution in [3.8, 4) is 0 Å². The van der Waals surface area contributed by atoms with E-state index in [1.807, 2.05) is 48.5 Å². The number of carbonyl (C=O) groups is 2. The number of rotatable bonds is 6. The van der Waals surface area contributed by atoms with Crippen molar-refractivity contribution in [1.29, 1.82) is 0 Å². The van der Waals surface area contributed by atoms with E-state index in [2.05, 4.69) is 10.6 Å². The third-order valence-corrected chi connectivity index (χ3v) is 3.93. The van der Waals surface area contributed by atoms with Crippen LogP contribution in [0, 0.1) is 5.92 Å². The molecule has 2 aromatic carbocycles. The highest BCUT2D eigenvalue weighted by Crippen LogP contribution is 2.19. The van der Waals surface area contributed by atoms with Gasteiger partial charge in [-0.15, -0.1) is 0 Å². The summed E-state index contributed by atoms with van der Waals surface area (Å²) < 4.78 is 0. The third kappa shape index (κ3) is 4.67. The summed E-state index contributed by atoms with van der Waals surface area (Å²) >= 11 is 0. The SMILES string of the molecule is CC(NC(=O)C(C)C(N)c1ccccc1)C(=O)Nc1ccccc1. The molecule has 0 bridgehead atoms. The Morgan fingerprint density at radius 3 is 2.00 bits per heavy atom. The minimum Gasteiger partial charge on any atom is -0.344 e. The predicted molar refractivity (Wildman–Crippen MR) is 95.2 cm³/mol. The second-order valence-corrected chi connectivity index (χ2v) is 5.81. The van der Waals surface area contributed by atoms with Gasteiger partial charge in [0.05, 0.1) is 5.92 Å². The summed E-state index contributed by atoms with van der Waals surface area (Å²) in [6.07, 6.45) is 0. The summed E-state index contributed by atoms with van der Waals surface area (Å²) in [6.45, 7) is 3.41. The van der Waals surface area contributed by atoms with E-state index in [1.165, 1.54) is 0 Å². The molecular formula is C19H23N3O2. The molecule has 2 rings (SSSR count). The molecule has 126 valence electrons. The smallest absolute Gasteiger partial charge is 0.246 e. The highest BCUT2D eigenvalue weighted by atomic mass is 16.2. The summed E-state index contributed by atoms with van der Waals surface area (Å²) in [5, 5.41) is 5.48. The van der Waals surface area contributed by atoms with Gasteiger partial charge in [0, 0.05) is 11.7 Å². The molecule has 3 atom stereocenters. The van der Waals surface area contributed by atoms with E-state index >= 15 is 0 Å². The van der Waals surface area contributed by atoms with Gasteiger partial charge in [-0.1, -0.05) is 55.5 Å². The van der Waals surface area contributed by atoms with Gasteiger partial charge >= 0.3 is 0 Å². The highest BCUT2D eigenvalue weighted by molar-refractivity contribution is 5.97. The number of hydrogen-bond acceptors (Lipinski definition) is 3. The van der Waals surface area contributed by atoms with Gasteiger partial charge in [-0.2, -0.15) is 0 Å². The third-order valence-electron chi connectivity index (χ3n) is 3.93. The van der Waals surface area contributed by atoms with Crippen molar-refractivity contribution < 1.29 is 9.59 Å². The molecule has 0 aliphatic rings. The predicted octanol–water partition coefficient (Wildman–Crippen LogP) is 2.47. The summed E-state index contributed by atoms with van der Waals surface area (Å²) in [5.74, 6) is -0.962. The van der Waals surface area contributed by atoms with E-state index in [0.29, 0.717) is 5.69 Å². The van der Waals surface area contributed by atoms with Crippen molar-refractivity contribution in [2.24, 2.45) is 11.7 Å². The zero-order chi connectivity index (χ0) is 17.5. The van der Waals surface area contributed by atoms with Crippen LogP contribution in [0.15, 0.2) is 60.7 Å². The molecule has 0 saturated carbocycles. The molecule has 3 unspecified atom stereocenters. The minimum absolute atomic E-state index is 0.248. The zero-order valence-corrected chi connectivity index (χ0v) is 13.9. The topological polar surface area (TPSA) is 84.2 Å². The van der Waals surface area contributed by atoms with E-state index in [4.69, 9.17) is 5.73 Å². The Labute approximate surface area is 142 Å². The normalized spacial score (nSPS) is 14.3. The molecule has 0 aliphatic carbocycles. The molecule has 5 nitrogen and oxygen atoms in total. The van der Waals surface area contributed by atoms with Gasteiger partial charge < -0.3 is 16.4 Å². The monoisotopic (exact) mass is 325 g/mol. The van der Waals surface area contributed by atoms with Crippen LogP contribution in [0.5, 0.6) is 0 Å². The number of anilines is 1. The maximum atomic E-state index is 12.4. The van der Waals surface area contributed by atoms with E-state index < -0.39 is 18.0 Å². The van der Waals surface area contributed by atoms with Gasteiger partial charge in [-0.3, -0.25) is 9.59 Å². The van der Waals surface area contributed by atoms with Crippen LogP contribution in [0.4, 0.5) is 5.69 Å². The number of para-hydroxylation sites is 1. The number of carbonyl (C=O) groups excluding carboxylic acids is 2. The van der Waals surface area contributed by atoms with E-state index in [-0.39, 0.29) is 11.8 Å². The molecule has 2 amide bonds. The Kier molecular flexibility index (Phi) is 6.09. The molecular weight excluding hydrogens is 302 g/mol. The van der Waals surface area contributed by atoms with Crippen LogP contribution in [0.2, 0.25) is 0 Å². The number of amides is 2. The van der Waals surface area contributed by atoms with Crippen molar-refractivity contribution in [3.63, 3.8) is 0 Å². The number of nitrogens with two attached hydrogens (primary N) is 1. The van der Waals surface area contributed by atoms with Crippen molar-refractivity contribution in [2.75, 3.05) is 5.32 Å². The number of nitrogens with one attached hydrogen (secondary N) is 2. The highest BCUT2D eigenvalue weighted by Gasteiger charge is 2.25. The van der Waals surface area contributed by atoms with Crippen molar-refractivity contribution in [3.05, 3.63) is 66.2 Å². The van der Waals surface area contributed by atoms with Crippen LogP contribution in [0.25, 0.3) is 0 Å². The Morgan fingerprint density at radius 1 is 0.875 bits per heavy atom. The first-order chi connectivity index (χ1) is 11.5. The first-order valence-electron chi connectivity index (χ1n) is 7.96. The summed E-state index contributed by atoms with van der Waals surface area (Å²) in [7, 11) is 0. The van der Waals surface area contributed by atoms with Gasteiger partial charge in [0.15, 0.2) is 0 Å². The first-order valence-corrected chi connectivity index (χ1v) is 7.96. The largest absolute Gasteiger partial charge is 0.344 e. The fraction of sp³-hybridized carbons (Fsp3) is 0.263. The molecule has 5 heteroatoms. The van der Waals surface area contributed by atoms with Gasteiger partial charge in [0.2, 0.25) is 11.8 Å². The maximum absolute atomic E-state index is 12.4. The van der Waals surface area contributed by atoms with Crippen molar-refractivity contribution in [2.45, 2.75) is 25.9 Å². The summed E-state index contributed by atoms with van der Waals surface area (Å²) in [4.78, 5) is 24.5. The maximum Gasteiger partial charge on any atom is 0.246 e. The molecule has 0 heterocycles. The van der Waals surface area contributed by atoms with Crippen LogP contribution < -0.4 is 16.4 Å². The van der Waals surface area contributed by atoms with Crippen molar-refractivity contribution in [1.82, 2.24) is 5.32 Å². The fourth-order valence-electron chi connectivity index (χ4n) is 2.31. The van der Waals surface area contributed by atoms with E-state index in [0.717, 1.165) is 5.56 Å².